The number of hydrogen-bond donors (Lipinski definition) is 0. The fourth-order valence-electron chi connectivity index (χ4n) is 0.370. The van der Waals surface area contributed by atoms with Crippen LogP contribution in [0.25, 0.3) is 0 Å². The van der Waals surface area contributed by atoms with Gasteiger partial charge in [-0.15, -0.1) is 0 Å². The molecule has 0 saturated heterocycles. The van der Waals surface area contributed by atoms with Gasteiger partial charge in [0.2, 0.25) is 5.28 Å². The summed E-state index contributed by atoms with van der Waals surface area (Å²) in [5, 5.41) is 0.210. The highest BCUT2D eigenvalue weighted by Gasteiger charge is 2.05. The molecule has 2 nitrogen and oxygen atoms in total. The Morgan fingerprint density at radius 1 is 1.00 bits per heavy atom. The van der Waals surface area contributed by atoms with Gasteiger partial charge in [-0.2, -0.15) is 0 Å². The van der Waals surface area contributed by atoms with Crippen molar-refractivity contribution in [2.75, 3.05) is 0 Å². The van der Waals surface area contributed by atoms with E-state index in [-0.39, 0.29) is 5.28 Å². The van der Waals surface area contributed by atoms with E-state index in [1.165, 1.54) is 0 Å². The van der Waals surface area contributed by atoms with Crippen molar-refractivity contribution in [3.8, 4) is 0 Å². The Bertz CT molecular complexity index is 242. The normalized spacial score (nSPS) is 10.0. The first kappa shape index (κ1) is 8.90. The standard InChI is InChI=1S/C4Br3ClN2/c5-1-2(6)9-4(8)10-3(1)7. The van der Waals surface area contributed by atoms with E-state index >= 15 is 0 Å². The number of hydrogen-bond acceptors (Lipinski definition) is 2. The van der Waals surface area contributed by atoms with Gasteiger partial charge in [0.15, 0.2) is 0 Å². The van der Waals surface area contributed by atoms with Gasteiger partial charge in [-0.1, -0.05) is 0 Å². The van der Waals surface area contributed by atoms with Crippen LogP contribution in [0.3, 0.4) is 0 Å². The van der Waals surface area contributed by atoms with Crippen LogP contribution in [0.4, 0.5) is 0 Å². The van der Waals surface area contributed by atoms with Crippen LogP contribution in [0.15, 0.2) is 13.7 Å². The molecule has 0 saturated carbocycles. The minimum Gasteiger partial charge on any atom is -0.210 e. The Kier molecular flexibility index (Phi) is 3.09. The van der Waals surface area contributed by atoms with E-state index in [1.807, 2.05) is 0 Å². The molecule has 54 valence electrons. The lowest BCUT2D eigenvalue weighted by Crippen LogP contribution is -1.85. The minimum atomic E-state index is 0.210. The van der Waals surface area contributed by atoms with Gasteiger partial charge >= 0.3 is 0 Å². The molecule has 1 heterocycles. The second-order valence-corrected chi connectivity index (χ2v) is 4.02. The topological polar surface area (TPSA) is 25.8 Å². The van der Waals surface area contributed by atoms with Crippen molar-refractivity contribution < 1.29 is 0 Å². The van der Waals surface area contributed by atoms with Crippen LogP contribution in [0.1, 0.15) is 0 Å². The molecular formula is C4Br3ClN2. The summed E-state index contributed by atoms with van der Waals surface area (Å²) in [4.78, 5) is 7.66. The average molecular weight is 351 g/mol. The Hall–Kier alpha value is 0.810. The van der Waals surface area contributed by atoms with Gasteiger partial charge in [-0.3, -0.25) is 0 Å². The molecule has 0 aliphatic carbocycles. The number of rotatable bonds is 0. The third kappa shape index (κ3) is 1.90. The molecular weight excluding hydrogens is 351 g/mol. The van der Waals surface area contributed by atoms with Crippen LogP contribution in [0.5, 0.6) is 0 Å². The predicted octanol–water partition coefficient (Wildman–Crippen LogP) is 3.42. The van der Waals surface area contributed by atoms with Crippen molar-refractivity contribution in [3.05, 3.63) is 19.0 Å². The first-order valence-electron chi connectivity index (χ1n) is 2.15. The zero-order valence-corrected chi connectivity index (χ0v) is 9.92. The summed E-state index contributed by atoms with van der Waals surface area (Å²) in [7, 11) is 0. The van der Waals surface area contributed by atoms with Gasteiger partial charge in [0, 0.05) is 0 Å². The van der Waals surface area contributed by atoms with E-state index < -0.39 is 0 Å². The summed E-state index contributed by atoms with van der Waals surface area (Å²) in [5.74, 6) is 0. The molecule has 1 aromatic heterocycles. The Labute approximate surface area is 87.8 Å². The Morgan fingerprint density at radius 3 is 1.80 bits per heavy atom. The molecule has 0 aliphatic rings. The molecule has 0 bridgehead atoms. The maximum absolute atomic E-state index is 5.52. The molecule has 0 unspecified atom stereocenters. The summed E-state index contributed by atoms with van der Waals surface area (Å²) < 4.78 is 2.04. The van der Waals surface area contributed by atoms with Crippen LogP contribution in [0, 0.1) is 0 Å². The molecule has 0 radical (unpaired) electrons. The fourth-order valence-corrected chi connectivity index (χ4v) is 1.90. The van der Waals surface area contributed by atoms with Gasteiger partial charge in [0.05, 0.1) is 4.47 Å². The molecule has 0 fully saturated rings. The van der Waals surface area contributed by atoms with Crippen molar-refractivity contribution in [1.82, 2.24) is 9.97 Å². The highest BCUT2D eigenvalue weighted by molar-refractivity contribution is 9.14. The van der Waals surface area contributed by atoms with Gasteiger partial charge in [-0.25, -0.2) is 9.97 Å². The zero-order chi connectivity index (χ0) is 7.72. The first-order chi connectivity index (χ1) is 4.61. The van der Waals surface area contributed by atoms with Crippen LogP contribution in [-0.2, 0) is 0 Å². The predicted molar refractivity (Wildman–Crippen MR) is 50.1 cm³/mol. The molecule has 0 atom stereocenters. The summed E-state index contributed by atoms with van der Waals surface area (Å²) in [6, 6.07) is 0. The molecule has 0 N–H and O–H groups in total. The molecule has 6 heteroatoms. The number of aromatic nitrogens is 2. The zero-order valence-electron chi connectivity index (χ0n) is 4.41. The van der Waals surface area contributed by atoms with Gasteiger partial charge in [0.25, 0.3) is 0 Å². The second kappa shape index (κ2) is 3.47. The van der Waals surface area contributed by atoms with Gasteiger partial charge in [0.1, 0.15) is 9.21 Å². The minimum absolute atomic E-state index is 0.210. The quantitative estimate of drug-likeness (QED) is 0.529. The van der Waals surface area contributed by atoms with E-state index in [2.05, 4.69) is 57.8 Å². The first-order valence-corrected chi connectivity index (χ1v) is 4.91. The van der Waals surface area contributed by atoms with Crippen molar-refractivity contribution in [1.29, 1.82) is 0 Å². The molecule has 1 aromatic rings. The summed E-state index contributed by atoms with van der Waals surface area (Å²) in [5.41, 5.74) is 0. The molecule has 1 rings (SSSR count). The lowest BCUT2D eigenvalue weighted by molar-refractivity contribution is 1.09. The van der Waals surface area contributed by atoms with Crippen molar-refractivity contribution >= 4 is 59.4 Å². The lowest BCUT2D eigenvalue weighted by Gasteiger charge is -1.96. The molecule has 0 aromatic carbocycles. The van der Waals surface area contributed by atoms with Gasteiger partial charge < -0.3 is 0 Å². The van der Waals surface area contributed by atoms with Crippen molar-refractivity contribution in [2.45, 2.75) is 0 Å². The highest BCUT2D eigenvalue weighted by Crippen LogP contribution is 2.28. The molecule has 0 aliphatic heterocycles. The maximum atomic E-state index is 5.52. The number of halogens is 4. The number of nitrogens with zero attached hydrogens (tertiary/aromatic N) is 2. The third-order valence-electron chi connectivity index (χ3n) is 0.743. The smallest absolute Gasteiger partial charge is 0.210 e. The fraction of sp³-hybridized carbons (Fsp3) is 0. The third-order valence-corrected chi connectivity index (χ3v) is 3.88. The second-order valence-electron chi connectivity index (χ2n) is 1.39. The molecule has 0 spiro atoms. The monoisotopic (exact) mass is 348 g/mol. The van der Waals surface area contributed by atoms with Crippen LogP contribution in [0.2, 0.25) is 5.28 Å². The maximum Gasteiger partial charge on any atom is 0.224 e. The Balaban J connectivity index is 3.31. The van der Waals surface area contributed by atoms with E-state index in [9.17, 15) is 0 Å². The van der Waals surface area contributed by atoms with E-state index in [4.69, 9.17) is 11.6 Å². The molecule has 10 heavy (non-hydrogen) atoms. The molecule has 0 amide bonds. The SMILES string of the molecule is Clc1nc(Br)c(Br)c(Br)n1. The largest absolute Gasteiger partial charge is 0.224 e. The van der Waals surface area contributed by atoms with Crippen LogP contribution in [-0.4, -0.2) is 9.97 Å². The lowest BCUT2D eigenvalue weighted by atomic mass is 10.7. The van der Waals surface area contributed by atoms with Crippen LogP contribution < -0.4 is 0 Å². The summed E-state index contributed by atoms with van der Waals surface area (Å²) in [6.07, 6.45) is 0. The summed E-state index contributed by atoms with van der Waals surface area (Å²) in [6.45, 7) is 0. The Morgan fingerprint density at radius 2 is 1.40 bits per heavy atom. The summed E-state index contributed by atoms with van der Waals surface area (Å²) >= 11 is 15.1. The van der Waals surface area contributed by atoms with Crippen molar-refractivity contribution in [3.63, 3.8) is 0 Å². The average Bonchev–Trinajstić information content (AvgIpc) is 1.82. The van der Waals surface area contributed by atoms with E-state index in [1.54, 1.807) is 0 Å². The van der Waals surface area contributed by atoms with Crippen molar-refractivity contribution in [2.24, 2.45) is 0 Å². The van der Waals surface area contributed by atoms with E-state index in [0.29, 0.717) is 9.21 Å². The van der Waals surface area contributed by atoms with E-state index in [0.717, 1.165) is 4.47 Å². The van der Waals surface area contributed by atoms with Crippen LogP contribution >= 0.6 is 59.4 Å². The van der Waals surface area contributed by atoms with Gasteiger partial charge in [-0.05, 0) is 59.4 Å². The highest BCUT2D eigenvalue weighted by atomic mass is 79.9.